The van der Waals surface area contributed by atoms with E-state index in [0.29, 0.717) is 11.3 Å². The van der Waals surface area contributed by atoms with Gasteiger partial charge < -0.3 is 0 Å². The number of nitrogens with zero attached hydrogens (tertiary/aromatic N) is 3. The van der Waals surface area contributed by atoms with Crippen molar-refractivity contribution in [3.63, 3.8) is 0 Å². The maximum atomic E-state index is 13.4. The van der Waals surface area contributed by atoms with Crippen LogP contribution in [0.3, 0.4) is 0 Å². The first-order chi connectivity index (χ1) is 16.2. The molecule has 1 N–H and O–H groups in total. The molecule has 0 aromatic heterocycles. The molecule has 3 aromatic rings. The zero-order chi connectivity index (χ0) is 24.7. The highest BCUT2D eigenvalue weighted by atomic mass is 32.2. The van der Waals surface area contributed by atoms with Crippen LogP contribution in [0.25, 0.3) is 0 Å². The third-order valence-corrected chi connectivity index (χ3v) is 7.30. The average Bonchev–Trinajstić information content (AvgIpc) is 2.83. The van der Waals surface area contributed by atoms with Crippen molar-refractivity contribution in [1.29, 1.82) is 0 Å². The predicted molar refractivity (Wildman–Crippen MR) is 133 cm³/mol. The van der Waals surface area contributed by atoms with E-state index in [-0.39, 0.29) is 10.6 Å². The number of hydrogen-bond acceptors (Lipinski definition) is 7. The zero-order valence-electron chi connectivity index (χ0n) is 18.4. The van der Waals surface area contributed by atoms with Gasteiger partial charge >= 0.3 is 0 Å². The molecular formula is C23H22N4O5S2. The number of benzene rings is 3. The van der Waals surface area contributed by atoms with Crippen LogP contribution in [0.5, 0.6) is 0 Å². The third-order valence-electron chi connectivity index (χ3n) is 4.76. The Balaban J connectivity index is 1.80. The van der Waals surface area contributed by atoms with Crippen molar-refractivity contribution in [3.8, 4) is 0 Å². The molecule has 0 radical (unpaired) electrons. The van der Waals surface area contributed by atoms with Crippen LogP contribution in [0.15, 0.2) is 87.7 Å². The van der Waals surface area contributed by atoms with Crippen LogP contribution in [-0.4, -0.2) is 38.3 Å². The first-order valence-corrected chi connectivity index (χ1v) is 12.7. The monoisotopic (exact) mass is 498 g/mol. The van der Waals surface area contributed by atoms with Gasteiger partial charge in [0.05, 0.1) is 21.7 Å². The Hall–Kier alpha value is -3.70. The van der Waals surface area contributed by atoms with E-state index in [1.165, 1.54) is 54.4 Å². The van der Waals surface area contributed by atoms with Crippen LogP contribution in [-0.2, 0) is 14.8 Å². The fourth-order valence-corrected chi connectivity index (χ4v) is 4.76. The highest BCUT2D eigenvalue weighted by Crippen LogP contribution is 2.25. The number of nitro benzene ring substituents is 1. The number of aryl methyl sites for hydroxylation is 1. The lowest BCUT2D eigenvalue weighted by Crippen LogP contribution is -2.39. The molecule has 0 aliphatic rings. The van der Waals surface area contributed by atoms with Crippen molar-refractivity contribution < 1.29 is 18.1 Å². The van der Waals surface area contributed by atoms with Gasteiger partial charge in [0.2, 0.25) is 0 Å². The summed E-state index contributed by atoms with van der Waals surface area (Å²) in [5, 5.41) is 14.6. The van der Waals surface area contributed by atoms with E-state index < -0.39 is 27.4 Å². The predicted octanol–water partition coefficient (Wildman–Crippen LogP) is 3.97. The Labute approximate surface area is 201 Å². The maximum absolute atomic E-state index is 13.4. The average molecular weight is 499 g/mol. The number of anilines is 1. The number of amides is 1. The molecule has 0 saturated carbocycles. The molecule has 34 heavy (non-hydrogen) atoms. The molecule has 0 heterocycles. The number of non-ortho nitro benzene ring substituents is 1. The zero-order valence-corrected chi connectivity index (χ0v) is 20.0. The van der Waals surface area contributed by atoms with Crippen molar-refractivity contribution in [2.24, 2.45) is 5.10 Å². The molecule has 0 aliphatic carbocycles. The molecule has 0 atom stereocenters. The van der Waals surface area contributed by atoms with Crippen LogP contribution in [0, 0.1) is 17.0 Å². The van der Waals surface area contributed by atoms with Gasteiger partial charge in [0.25, 0.3) is 21.6 Å². The minimum atomic E-state index is -4.03. The van der Waals surface area contributed by atoms with Crippen molar-refractivity contribution in [2.45, 2.75) is 16.7 Å². The molecule has 3 rings (SSSR count). The van der Waals surface area contributed by atoms with Gasteiger partial charge in [0, 0.05) is 17.0 Å². The van der Waals surface area contributed by atoms with E-state index in [9.17, 15) is 23.3 Å². The Kier molecular flexibility index (Phi) is 8.03. The van der Waals surface area contributed by atoms with Crippen LogP contribution >= 0.6 is 11.8 Å². The van der Waals surface area contributed by atoms with Gasteiger partial charge in [-0.15, -0.1) is 11.8 Å². The van der Waals surface area contributed by atoms with Gasteiger partial charge in [0.15, 0.2) is 0 Å². The second-order valence-corrected chi connectivity index (χ2v) is 9.91. The summed E-state index contributed by atoms with van der Waals surface area (Å²) in [4.78, 5) is 23.8. The quantitative estimate of drug-likeness (QED) is 0.206. The Morgan fingerprint density at radius 3 is 2.24 bits per heavy atom. The third kappa shape index (κ3) is 6.21. The molecule has 0 unspecified atom stereocenters. The first kappa shape index (κ1) is 24.9. The molecule has 0 bridgehead atoms. The second kappa shape index (κ2) is 10.9. The van der Waals surface area contributed by atoms with Crippen LogP contribution in [0.4, 0.5) is 11.4 Å². The first-order valence-electron chi connectivity index (χ1n) is 10.0. The molecule has 9 nitrogen and oxygen atoms in total. The summed E-state index contributed by atoms with van der Waals surface area (Å²) in [5.74, 6) is -0.650. The number of nitrogens with one attached hydrogen (secondary N) is 1. The van der Waals surface area contributed by atoms with Gasteiger partial charge in [-0.25, -0.2) is 13.8 Å². The van der Waals surface area contributed by atoms with Crippen LogP contribution in [0.2, 0.25) is 0 Å². The molecule has 0 aliphatic heterocycles. The van der Waals surface area contributed by atoms with Gasteiger partial charge in [-0.05, 0) is 67.3 Å². The molecular weight excluding hydrogens is 476 g/mol. The minimum absolute atomic E-state index is 0.0630. The standard InChI is InChI=1S/C23H22N4O5S2/c1-17-3-7-19(8-4-17)26(34(31,32)22-13-11-21(33-2)12-14-22)16-23(28)25-24-15-18-5-9-20(10-6-18)27(29)30/h3-15H,16H2,1-2H3,(H,25,28)/b24-15-. The van der Waals surface area contributed by atoms with E-state index in [0.717, 1.165) is 14.8 Å². The van der Waals surface area contributed by atoms with E-state index in [1.54, 1.807) is 36.4 Å². The molecule has 0 fully saturated rings. The van der Waals surface area contributed by atoms with Gasteiger partial charge in [-0.3, -0.25) is 19.2 Å². The maximum Gasteiger partial charge on any atom is 0.269 e. The highest BCUT2D eigenvalue weighted by Gasteiger charge is 2.27. The van der Waals surface area contributed by atoms with E-state index in [1.807, 2.05) is 13.2 Å². The smallest absolute Gasteiger partial charge is 0.269 e. The SMILES string of the molecule is CSc1ccc(S(=O)(=O)N(CC(=O)N/N=C\c2ccc([N+](=O)[O-])cc2)c2ccc(C)cc2)cc1. The van der Waals surface area contributed by atoms with E-state index in [4.69, 9.17) is 0 Å². The van der Waals surface area contributed by atoms with Crippen LogP contribution < -0.4 is 9.73 Å². The lowest BCUT2D eigenvalue weighted by Gasteiger charge is -2.24. The Bertz CT molecular complexity index is 1290. The lowest BCUT2D eigenvalue weighted by atomic mass is 10.2. The fourth-order valence-electron chi connectivity index (χ4n) is 2.93. The number of rotatable bonds is 9. The molecule has 11 heteroatoms. The highest BCUT2D eigenvalue weighted by molar-refractivity contribution is 7.98. The molecule has 176 valence electrons. The summed E-state index contributed by atoms with van der Waals surface area (Å²) in [6.45, 7) is 1.39. The van der Waals surface area contributed by atoms with Gasteiger partial charge in [0.1, 0.15) is 6.54 Å². The normalized spacial score (nSPS) is 11.4. The second-order valence-electron chi connectivity index (χ2n) is 7.16. The van der Waals surface area contributed by atoms with Crippen LogP contribution in [0.1, 0.15) is 11.1 Å². The summed E-state index contributed by atoms with van der Waals surface area (Å²) in [6, 6.07) is 18.8. The van der Waals surface area contributed by atoms with E-state index in [2.05, 4.69) is 10.5 Å². The molecule has 0 spiro atoms. The fraction of sp³-hybridized carbons (Fsp3) is 0.130. The number of carbonyl (C=O) groups is 1. The minimum Gasteiger partial charge on any atom is -0.271 e. The van der Waals surface area contributed by atoms with Crippen molar-refractivity contribution in [2.75, 3.05) is 17.1 Å². The van der Waals surface area contributed by atoms with Crippen molar-refractivity contribution in [1.82, 2.24) is 5.43 Å². The number of carbonyl (C=O) groups excluding carboxylic acids is 1. The van der Waals surface area contributed by atoms with E-state index >= 15 is 0 Å². The largest absolute Gasteiger partial charge is 0.271 e. The summed E-state index contributed by atoms with van der Waals surface area (Å²) in [5.41, 5.74) is 4.06. The summed E-state index contributed by atoms with van der Waals surface area (Å²) in [6.07, 6.45) is 3.21. The number of nitro groups is 1. The van der Waals surface area contributed by atoms with Crippen molar-refractivity contribution in [3.05, 3.63) is 94.0 Å². The summed E-state index contributed by atoms with van der Waals surface area (Å²) in [7, 11) is -4.03. The van der Waals surface area contributed by atoms with Gasteiger partial charge in [-0.1, -0.05) is 17.7 Å². The number of thioether (sulfide) groups is 1. The topological polar surface area (TPSA) is 122 Å². The molecule has 0 saturated heterocycles. The number of sulfonamides is 1. The Morgan fingerprint density at radius 1 is 1.06 bits per heavy atom. The molecule has 3 aromatic carbocycles. The Morgan fingerprint density at radius 2 is 1.68 bits per heavy atom. The molecule has 1 amide bonds. The summed E-state index contributed by atoms with van der Waals surface area (Å²) >= 11 is 1.49. The number of hydrogen-bond donors (Lipinski definition) is 1. The van der Waals surface area contributed by atoms with Crippen molar-refractivity contribution >= 4 is 45.3 Å². The lowest BCUT2D eigenvalue weighted by molar-refractivity contribution is -0.384. The summed E-state index contributed by atoms with van der Waals surface area (Å²) < 4.78 is 27.8. The number of hydrazone groups is 1. The van der Waals surface area contributed by atoms with Gasteiger partial charge in [-0.2, -0.15) is 5.10 Å².